The third-order valence-electron chi connectivity index (χ3n) is 4.87. The fourth-order valence-corrected chi connectivity index (χ4v) is 4.71. The molecule has 1 aromatic carbocycles. The second-order valence-corrected chi connectivity index (χ2v) is 8.44. The molecule has 1 N–H and O–H groups in total. The van der Waals surface area contributed by atoms with Crippen LogP contribution in [0.4, 0.5) is 8.78 Å². The van der Waals surface area contributed by atoms with Gasteiger partial charge in [-0.2, -0.15) is 4.31 Å². The predicted molar refractivity (Wildman–Crippen MR) is 98.8 cm³/mol. The van der Waals surface area contributed by atoms with E-state index >= 15 is 0 Å². The summed E-state index contributed by atoms with van der Waals surface area (Å²) in [7, 11) is -4.18. The minimum atomic E-state index is -4.18. The number of nitrogens with one attached hydrogen (secondary N) is 1. The number of carbonyl (C=O) groups excluding carboxylic acids is 2. The lowest BCUT2D eigenvalue weighted by Gasteiger charge is -2.30. The molecule has 28 heavy (non-hydrogen) atoms. The molecule has 0 bridgehead atoms. The van der Waals surface area contributed by atoms with Crippen LogP contribution in [0.5, 0.6) is 0 Å². The summed E-state index contributed by atoms with van der Waals surface area (Å²) in [6, 6.07) is 2.28. The van der Waals surface area contributed by atoms with Crippen molar-refractivity contribution in [3.05, 3.63) is 29.8 Å². The van der Waals surface area contributed by atoms with Crippen molar-refractivity contribution < 1.29 is 26.8 Å². The van der Waals surface area contributed by atoms with Crippen LogP contribution in [0.15, 0.2) is 23.1 Å². The van der Waals surface area contributed by atoms with Crippen molar-refractivity contribution in [2.75, 3.05) is 32.7 Å². The zero-order valence-electron chi connectivity index (χ0n) is 16.0. The molecule has 1 aromatic rings. The highest BCUT2D eigenvalue weighted by molar-refractivity contribution is 7.89. The molecule has 0 atom stereocenters. The van der Waals surface area contributed by atoms with Crippen LogP contribution in [0.3, 0.4) is 0 Å². The number of sulfonamides is 1. The molecule has 10 heteroatoms. The molecule has 1 fully saturated rings. The summed E-state index contributed by atoms with van der Waals surface area (Å²) in [5.74, 6) is -2.79. The van der Waals surface area contributed by atoms with Crippen molar-refractivity contribution in [3.63, 3.8) is 0 Å². The second kappa shape index (κ2) is 9.42. The minimum absolute atomic E-state index is 0.0143. The molecule has 1 saturated heterocycles. The maximum absolute atomic E-state index is 13.9. The number of carbonyl (C=O) groups is 2. The van der Waals surface area contributed by atoms with Crippen LogP contribution in [0.2, 0.25) is 0 Å². The Balaban J connectivity index is 1.94. The summed E-state index contributed by atoms with van der Waals surface area (Å²) in [5, 5.41) is 2.60. The lowest BCUT2D eigenvalue weighted by atomic mass is 9.97. The first-order valence-electron chi connectivity index (χ1n) is 9.21. The molecule has 0 spiro atoms. The Morgan fingerprint density at radius 2 is 1.79 bits per heavy atom. The highest BCUT2D eigenvalue weighted by Gasteiger charge is 2.33. The van der Waals surface area contributed by atoms with E-state index in [4.69, 9.17) is 0 Å². The molecule has 0 aliphatic carbocycles. The van der Waals surface area contributed by atoms with Gasteiger partial charge in [-0.3, -0.25) is 9.59 Å². The quantitative estimate of drug-likeness (QED) is 0.726. The number of nitrogens with zero attached hydrogens (tertiary/aromatic N) is 2. The molecule has 0 radical (unpaired) electrons. The fraction of sp³-hybridized carbons (Fsp3) is 0.556. The summed E-state index contributed by atoms with van der Waals surface area (Å²) in [4.78, 5) is 25.1. The Hall–Kier alpha value is -2.07. The summed E-state index contributed by atoms with van der Waals surface area (Å²) in [5.41, 5.74) is 0. The third-order valence-corrected chi connectivity index (χ3v) is 6.78. The van der Waals surface area contributed by atoms with Crippen molar-refractivity contribution in [2.45, 2.75) is 31.6 Å². The molecule has 2 amide bonds. The monoisotopic (exact) mass is 417 g/mol. The Morgan fingerprint density at radius 1 is 1.18 bits per heavy atom. The standard InChI is InChI=1S/C18H25F2N3O4S/c1-3-22(4-2)17(24)12-21-18(25)13-7-9-23(10-8-13)28(26,27)16-11-14(19)5-6-15(16)20/h5-6,11,13H,3-4,7-10,12H2,1-2H3,(H,21,25). The number of rotatable bonds is 7. The highest BCUT2D eigenvalue weighted by atomic mass is 32.2. The summed E-state index contributed by atoms with van der Waals surface area (Å²) >= 11 is 0. The van der Waals surface area contributed by atoms with Gasteiger partial charge in [0.15, 0.2) is 0 Å². The van der Waals surface area contributed by atoms with Crippen LogP contribution in [-0.4, -0.2) is 62.2 Å². The largest absolute Gasteiger partial charge is 0.347 e. The van der Waals surface area contributed by atoms with E-state index in [0.717, 1.165) is 16.4 Å². The maximum Gasteiger partial charge on any atom is 0.246 e. The van der Waals surface area contributed by atoms with Gasteiger partial charge in [0.25, 0.3) is 0 Å². The molecule has 7 nitrogen and oxygen atoms in total. The van der Waals surface area contributed by atoms with Crippen LogP contribution >= 0.6 is 0 Å². The fourth-order valence-electron chi connectivity index (χ4n) is 3.17. The van der Waals surface area contributed by atoms with Crippen LogP contribution in [0.25, 0.3) is 0 Å². The molecule has 156 valence electrons. The molecule has 2 rings (SSSR count). The topological polar surface area (TPSA) is 86.8 Å². The average molecular weight is 417 g/mol. The zero-order valence-corrected chi connectivity index (χ0v) is 16.8. The van der Waals surface area contributed by atoms with Crippen LogP contribution in [0, 0.1) is 17.6 Å². The van der Waals surface area contributed by atoms with Gasteiger partial charge in [-0.05, 0) is 44.9 Å². The second-order valence-electron chi connectivity index (χ2n) is 6.54. The molecule has 1 heterocycles. The van der Waals surface area contributed by atoms with Crippen molar-refractivity contribution in [1.29, 1.82) is 0 Å². The summed E-state index contributed by atoms with van der Waals surface area (Å²) in [6.45, 7) is 4.73. The minimum Gasteiger partial charge on any atom is -0.347 e. The highest BCUT2D eigenvalue weighted by Crippen LogP contribution is 2.26. The molecule has 0 aromatic heterocycles. The number of hydrogen-bond donors (Lipinski definition) is 1. The lowest BCUT2D eigenvalue weighted by Crippen LogP contribution is -2.45. The maximum atomic E-state index is 13.9. The van der Waals surface area contributed by atoms with Crippen LogP contribution in [0.1, 0.15) is 26.7 Å². The molecule has 1 aliphatic rings. The van der Waals surface area contributed by atoms with Crippen molar-refractivity contribution >= 4 is 21.8 Å². The first-order valence-corrected chi connectivity index (χ1v) is 10.6. The Bertz CT molecular complexity index is 820. The third kappa shape index (κ3) is 5.05. The van der Waals surface area contributed by atoms with Gasteiger partial charge in [-0.25, -0.2) is 17.2 Å². The molecular formula is C18H25F2N3O4S. The van der Waals surface area contributed by atoms with Crippen LogP contribution in [-0.2, 0) is 19.6 Å². The number of benzene rings is 1. The van der Waals surface area contributed by atoms with Gasteiger partial charge in [0.1, 0.15) is 16.5 Å². The first kappa shape index (κ1) is 22.2. The Labute approximate surface area is 163 Å². The number of likely N-dealkylation sites (N-methyl/N-ethyl adjacent to an activating group) is 1. The van der Waals surface area contributed by atoms with Gasteiger partial charge in [0.2, 0.25) is 21.8 Å². The van der Waals surface area contributed by atoms with E-state index in [0.29, 0.717) is 19.2 Å². The molecule has 0 saturated carbocycles. The zero-order chi connectivity index (χ0) is 20.9. The summed E-state index contributed by atoms with van der Waals surface area (Å²) < 4.78 is 53.4. The SMILES string of the molecule is CCN(CC)C(=O)CNC(=O)C1CCN(S(=O)(=O)c2cc(F)ccc2F)CC1. The van der Waals surface area contributed by atoms with Gasteiger partial charge in [0, 0.05) is 32.1 Å². The van der Waals surface area contributed by atoms with E-state index in [1.807, 2.05) is 13.8 Å². The van der Waals surface area contributed by atoms with Gasteiger partial charge < -0.3 is 10.2 Å². The van der Waals surface area contributed by atoms with Crippen molar-refractivity contribution in [1.82, 2.24) is 14.5 Å². The predicted octanol–water partition coefficient (Wildman–Crippen LogP) is 1.35. The Morgan fingerprint density at radius 3 is 2.36 bits per heavy atom. The van der Waals surface area contributed by atoms with Crippen LogP contribution < -0.4 is 5.32 Å². The van der Waals surface area contributed by atoms with E-state index in [9.17, 15) is 26.8 Å². The van der Waals surface area contributed by atoms with E-state index in [1.54, 1.807) is 4.90 Å². The first-order chi connectivity index (χ1) is 13.2. The van der Waals surface area contributed by atoms with Crippen molar-refractivity contribution in [2.24, 2.45) is 5.92 Å². The van der Waals surface area contributed by atoms with E-state index < -0.39 is 32.5 Å². The van der Waals surface area contributed by atoms with E-state index in [2.05, 4.69) is 5.32 Å². The van der Waals surface area contributed by atoms with Gasteiger partial charge in [-0.15, -0.1) is 0 Å². The smallest absolute Gasteiger partial charge is 0.246 e. The number of hydrogen-bond acceptors (Lipinski definition) is 4. The Kier molecular flexibility index (Phi) is 7.48. The normalized spacial score (nSPS) is 16.0. The summed E-state index contributed by atoms with van der Waals surface area (Å²) in [6.07, 6.45) is 0.475. The van der Waals surface area contributed by atoms with Gasteiger partial charge in [0.05, 0.1) is 6.54 Å². The lowest BCUT2D eigenvalue weighted by molar-refractivity contribution is -0.134. The van der Waals surface area contributed by atoms with Gasteiger partial charge in [-0.1, -0.05) is 0 Å². The number of halogens is 2. The number of piperidine rings is 1. The molecule has 1 aliphatic heterocycles. The molecular weight excluding hydrogens is 392 g/mol. The van der Waals surface area contributed by atoms with E-state index in [-0.39, 0.29) is 44.3 Å². The average Bonchev–Trinajstić information content (AvgIpc) is 2.68. The molecule has 0 unspecified atom stereocenters. The van der Waals surface area contributed by atoms with E-state index in [1.165, 1.54) is 0 Å². The number of amides is 2. The van der Waals surface area contributed by atoms with Gasteiger partial charge >= 0.3 is 0 Å². The van der Waals surface area contributed by atoms with Crippen molar-refractivity contribution in [3.8, 4) is 0 Å².